The van der Waals surface area contributed by atoms with Crippen molar-refractivity contribution >= 4 is 5.69 Å². The average molecular weight is 278 g/mol. The van der Waals surface area contributed by atoms with E-state index in [9.17, 15) is 23.4 Å². The summed E-state index contributed by atoms with van der Waals surface area (Å²) >= 11 is 0. The number of nitrogen functional groups attached to an aromatic ring is 1. The summed E-state index contributed by atoms with van der Waals surface area (Å²) in [5.41, 5.74) is 3.88. The molecular weight excluding hydrogens is 261 g/mol. The van der Waals surface area contributed by atoms with E-state index in [0.717, 1.165) is 12.1 Å². The highest BCUT2D eigenvalue weighted by Crippen LogP contribution is 2.36. The average Bonchev–Trinajstić information content (AvgIpc) is 2.34. The van der Waals surface area contributed by atoms with Gasteiger partial charge >= 0.3 is 6.18 Å². The minimum Gasteiger partial charge on any atom is -0.399 e. The summed E-state index contributed by atoms with van der Waals surface area (Å²) in [6, 6.07) is 3.10. The van der Waals surface area contributed by atoms with Crippen molar-refractivity contribution in [1.82, 2.24) is 5.32 Å². The Morgan fingerprint density at radius 3 is 2.47 bits per heavy atom. The molecule has 1 aromatic carbocycles. The smallest absolute Gasteiger partial charge is 0.399 e. The quantitative estimate of drug-likeness (QED) is 0.612. The summed E-state index contributed by atoms with van der Waals surface area (Å²) in [5, 5.41) is 22.3. The third kappa shape index (κ3) is 4.09. The highest BCUT2D eigenvalue weighted by molar-refractivity contribution is 5.46. The molecule has 2 atom stereocenters. The van der Waals surface area contributed by atoms with Crippen molar-refractivity contribution in [2.75, 3.05) is 19.3 Å². The molecule has 0 aliphatic carbocycles. The lowest BCUT2D eigenvalue weighted by molar-refractivity contribution is -0.139. The molecule has 0 heterocycles. The molecule has 0 aromatic heterocycles. The predicted molar refractivity (Wildman–Crippen MR) is 65.4 cm³/mol. The van der Waals surface area contributed by atoms with Crippen LogP contribution in [0.1, 0.15) is 23.7 Å². The molecule has 7 heteroatoms. The zero-order valence-corrected chi connectivity index (χ0v) is 10.4. The molecule has 0 radical (unpaired) electrons. The van der Waals surface area contributed by atoms with Gasteiger partial charge in [-0.1, -0.05) is 6.07 Å². The van der Waals surface area contributed by atoms with Gasteiger partial charge in [-0.3, -0.25) is 0 Å². The summed E-state index contributed by atoms with van der Waals surface area (Å²) in [4.78, 5) is 0. The lowest BCUT2D eigenvalue weighted by Crippen LogP contribution is -2.25. The summed E-state index contributed by atoms with van der Waals surface area (Å²) in [6.07, 6.45) is -7.38. The van der Waals surface area contributed by atoms with Crippen molar-refractivity contribution in [3.63, 3.8) is 0 Å². The molecule has 0 amide bonds. The molecule has 0 aliphatic heterocycles. The van der Waals surface area contributed by atoms with Crippen LogP contribution in [-0.2, 0) is 6.18 Å². The molecule has 0 aliphatic rings. The van der Waals surface area contributed by atoms with E-state index in [-0.39, 0.29) is 17.7 Å². The van der Waals surface area contributed by atoms with E-state index in [1.54, 1.807) is 7.05 Å². The molecule has 0 spiro atoms. The fraction of sp³-hybridized carbons (Fsp3) is 0.500. The number of nitrogens with two attached hydrogens (primary N) is 1. The van der Waals surface area contributed by atoms with Crippen LogP contribution in [-0.4, -0.2) is 29.9 Å². The van der Waals surface area contributed by atoms with Crippen LogP contribution in [0, 0.1) is 0 Å². The molecule has 0 fully saturated rings. The zero-order valence-electron chi connectivity index (χ0n) is 10.4. The van der Waals surface area contributed by atoms with Gasteiger partial charge in [0.2, 0.25) is 0 Å². The van der Waals surface area contributed by atoms with Crippen LogP contribution in [0.4, 0.5) is 18.9 Å². The first-order valence-corrected chi connectivity index (χ1v) is 5.74. The Morgan fingerprint density at radius 1 is 1.32 bits per heavy atom. The fourth-order valence-corrected chi connectivity index (χ4v) is 1.73. The molecule has 4 nitrogen and oxygen atoms in total. The standard InChI is InChI=1S/C12H17F3N2O2/c1-17-5-4-10(18)11(19)8-3-2-7(16)6-9(8)12(13,14)15/h2-3,6,10-11,17-19H,4-5,16H2,1H3. The van der Waals surface area contributed by atoms with Crippen LogP contribution in [0.3, 0.4) is 0 Å². The second-order valence-corrected chi connectivity index (χ2v) is 4.25. The Morgan fingerprint density at radius 2 is 1.95 bits per heavy atom. The van der Waals surface area contributed by atoms with E-state index in [0.29, 0.717) is 6.54 Å². The maximum absolute atomic E-state index is 12.8. The van der Waals surface area contributed by atoms with Crippen LogP contribution >= 0.6 is 0 Å². The molecule has 1 rings (SSSR count). The van der Waals surface area contributed by atoms with Gasteiger partial charge in [-0.05, 0) is 37.7 Å². The second-order valence-electron chi connectivity index (χ2n) is 4.25. The van der Waals surface area contributed by atoms with E-state index >= 15 is 0 Å². The van der Waals surface area contributed by atoms with Gasteiger partial charge in [0.1, 0.15) is 6.10 Å². The maximum atomic E-state index is 12.8. The van der Waals surface area contributed by atoms with E-state index in [1.807, 2.05) is 0 Å². The first-order valence-electron chi connectivity index (χ1n) is 5.74. The van der Waals surface area contributed by atoms with Gasteiger partial charge in [-0.25, -0.2) is 0 Å². The Hall–Kier alpha value is -1.31. The number of halogens is 3. The number of benzene rings is 1. The Bertz CT molecular complexity index is 424. The Labute approximate surface area is 109 Å². The molecule has 1 aromatic rings. The van der Waals surface area contributed by atoms with E-state index in [1.165, 1.54) is 6.07 Å². The van der Waals surface area contributed by atoms with Gasteiger partial charge in [0, 0.05) is 5.69 Å². The van der Waals surface area contributed by atoms with Gasteiger partial charge in [0.05, 0.1) is 11.7 Å². The van der Waals surface area contributed by atoms with Crippen LogP contribution in [0.15, 0.2) is 18.2 Å². The van der Waals surface area contributed by atoms with Crippen molar-refractivity contribution in [2.45, 2.75) is 24.8 Å². The predicted octanol–water partition coefficient (Wildman–Crippen LogP) is 1.29. The number of hydrogen-bond acceptors (Lipinski definition) is 4. The SMILES string of the molecule is CNCCC(O)C(O)c1ccc(N)cc1C(F)(F)F. The lowest BCUT2D eigenvalue weighted by atomic mass is 9.96. The zero-order chi connectivity index (χ0) is 14.6. The van der Waals surface area contributed by atoms with Gasteiger partial charge in [0.15, 0.2) is 0 Å². The Balaban J connectivity index is 3.05. The molecule has 0 saturated heterocycles. The lowest BCUT2D eigenvalue weighted by Gasteiger charge is -2.22. The molecule has 0 saturated carbocycles. The third-order valence-corrected chi connectivity index (χ3v) is 2.76. The molecule has 19 heavy (non-hydrogen) atoms. The van der Waals surface area contributed by atoms with Crippen molar-refractivity contribution in [3.05, 3.63) is 29.3 Å². The van der Waals surface area contributed by atoms with Gasteiger partial charge in [0.25, 0.3) is 0 Å². The summed E-state index contributed by atoms with van der Waals surface area (Å²) in [7, 11) is 1.64. The normalized spacial score (nSPS) is 15.3. The molecule has 5 N–H and O–H groups in total. The highest BCUT2D eigenvalue weighted by atomic mass is 19.4. The number of alkyl halides is 3. The number of hydrogen-bond donors (Lipinski definition) is 4. The molecule has 108 valence electrons. The van der Waals surface area contributed by atoms with Crippen molar-refractivity contribution in [1.29, 1.82) is 0 Å². The first kappa shape index (κ1) is 15.7. The molecular formula is C12H17F3N2O2. The summed E-state index contributed by atoms with van der Waals surface area (Å²) < 4.78 is 38.5. The summed E-state index contributed by atoms with van der Waals surface area (Å²) in [6.45, 7) is 0.383. The minimum absolute atomic E-state index is 0.0482. The van der Waals surface area contributed by atoms with Gasteiger partial charge < -0.3 is 21.3 Å². The topological polar surface area (TPSA) is 78.5 Å². The van der Waals surface area contributed by atoms with Crippen LogP contribution < -0.4 is 11.1 Å². The largest absolute Gasteiger partial charge is 0.416 e. The van der Waals surface area contributed by atoms with Crippen molar-refractivity contribution < 1.29 is 23.4 Å². The maximum Gasteiger partial charge on any atom is 0.416 e. The highest BCUT2D eigenvalue weighted by Gasteiger charge is 2.36. The summed E-state index contributed by atoms with van der Waals surface area (Å²) in [5.74, 6) is 0. The second kappa shape index (κ2) is 6.23. The van der Waals surface area contributed by atoms with Crippen molar-refractivity contribution in [2.24, 2.45) is 0 Å². The fourth-order valence-electron chi connectivity index (χ4n) is 1.73. The third-order valence-electron chi connectivity index (χ3n) is 2.76. The minimum atomic E-state index is -4.63. The number of anilines is 1. The monoisotopic (exact) mass is 278 g/mol. The van der Waals surface area contributed by atoms with Crippen LogP contribution in [0.5, 0.6) is 0 Å². The van der Waals surface area contributed by atoms with Crippen LogP contribution in [0.2, 0.25) is 0 Å². The number of rotatable bonds is 5. The first-order chi connectivity index (χ1) is 8.77. The number of aliphatic hydroxyl groups excluding tert-OH is 2. The number of nitrogens with one attached hydrogen (secondary N) is 1. The molecule has 0 bridgehead atoms. The van der Waals surface area contributed by atoms with E-state index in [2.05, 4.69) is 5.32 Å². The van der Waals surface area contributed by atoms with Gasteiger partial charge in [-0.2, -0.15) is 13.2 Å². The van der Waals surface area contributed by atoms with E-state index < -0.39 is 23.9 Å². The molecule has 2 unspecified atom stereocenters. The van der Waals surface area contributed by atoms with E-state index in [4.69, 9.17) is 5.73 Å². The van der Waals surface area contributed by atoms with Crippen molar-refractivity contribution in [3.8, 4) is 0 Å². The van der Waals surface area contributed by atoms with Crippen LogP contribution in [0.25, 0.3) is 0 Å². The Kier molecular flexibility index (Phi) is 5.16. The number of aliphatic hydroxyl groups is 2. The van der Waals surface area contributed by atoms with Gasteiger partial charge in [-0.15, -0.1) is 0 Å².